The van der Waals surface area contributed by atoms with Gasteiger partial charge >= 0.3 is 0 Å². The molecule has 2 rings (SSSR count). The van der Waals surface area contributed by atoms with E-state index in [4.69, 9.17) is 10.3 Å². The summed E-state index contributed by atoms with van der Waals surface area (Å²) in [5, 5.41) is 3.96. The third-order valence-corrected chi connectivity index (χ3v) is 2.74. The molecule has 0 aromatic carbocycles. The van der Waals surface area contributed by atoms with Crippen molar-refractivity contribution in [3.63, 3.8) is 0 Å². The van der Waals surface area contributed by atoms with E-state index >= 15 is 0 Å². The maximum atomic E-state index is 5.71. The van der Waals surface area contributed by atoms with Crippen molar-refractivity contribution in [2.24, 2.45) is 11.7 Å². The van der Waals surface area contributed by atoms with Crippen LogP contribution in [0.25, 0.3) is 11.4 Å². The van der Waals surface area contributed by atoms with Crippen LogP contribution < -0.4 is 5.73 Å². The Bertz CT molecular complexity index is 466. The second-order valence-electron chi connectivity index (χ2n) is 4.28. The molecule has 0 aliphatic carbocycles. The maximum absolute atomic E-state index is 5.71. The molecule has 0 amide bonds. The van der Waals surface area contributed by atoms with Crippen molar-refractivity contribution in [2.75, 3.05) is 6.54 Å². The Morgan fingerprint density at radius 1 is 1.41 bits per heavy atom. The fourth-order valence-corrected chi connectivity index (χ4v) is 1.66. The minimum atomic E-state index is 0.105. The van der Waals surface area contributed by atoms with E-state index < -0.39 is 0 Å². The summed E-state index contributed by atoms with van der Waals surface area (Å²) < 4.78 is 5.26. The lowest BCUT2D eigenvalue weighted by Gasteiger charge is -2.13. The van der Waals surface area contributed by atoms with Gasteiger partial charge in [0, 0.05) is 24.5 Å². The Labute approximate surface area is 100 Å². The highest BCUT2D eigenvalue weighted by Gasteiger charge is 2.21. The van der Waals surface area contributed by atoms with Crippen molar-refractivity contribution in [1.29, 1.82) is 0 Å². The van der Waals surface area contributed by atoms with E-state index in [1.807, 2.05) is 12.1 Å². The SMILES string of the molecule is CC(C)C(CN)c1nc(-c2cccnc2)no1. The van der Waals surface area contributed by atoms with Gasteiger partial charge in [-0.2, -0.15) is 4.98 Å². The maximum Gasteiger partial charge on any atom is 0.231 e. The van der Waals surface area contributed by atoms with Crippen LogP contribution in [-0.2, 0) is 0 Å². The first kappa shape index (κ1) is 11.7. The smallest absolute Gasteiger partial charge is 0.231 e. The summed E-state index contributed by atoms with van der Waals surface area (Å²) >= 11 is 0. The van der Waals surface area contributed by atoms with Crippen LogP contribution in [0, 0.1) is 5.92 Å². The van der Waals surface area contributed by atoms with Gasteiger partial charge in [-0.1, -0.05) is 19.0 Å². The summed E-state index contributed by atoms with van der Waals surface area (Å²) in [4.78, 5) is 8.40. The van der Waals surface area contributed by atoms with Gasteiger partial charge in [-0.3, -0.25) is 4.98 Å². The van der Waals surface area contributed by atoms with Crippen molar-refractivity contribution in [3.8, 4) is 11.4 Å². The van der Waals surface area contributed by atoms with Crippen molar-refractivity contribution < 1.29 is 4.52 Å². The predicted octanol–water partition coefficient (Wildman–Crippen LogP) is 1.83. The fourth-order valence-electron chi connectivity index (χ4n) is 1.66. The van der Waals surface area contributed by atoms with Gasteiger partial charge in [0.1, 0.15) is 0 Å². The van der Waals surface area contributed by atoms with E-state index in [0.717, 1.165) is 5.56 Å². The Balaban J connectivity index is 2.27. The minimum Gasteiger partial charge on any atom is -0.339 e. The van der Waals surface area contributed by atoms with Gasteiger partial charge < -0.3 is 10.3 Å². The summed E-state index contributed by atoms with van der Waals surface area (Å²) in [6.07, 6.45) is 3.42. The normalized spacial score (nSPS) is 12.9. The van der Waals surface area contributed by atoms with Crippen LogP contribution in [0.2, 0.25) is 0 Å². The molecule has 17 heavy (non-hydrogen) atoms. The molecule has 0 saturated carbocycles. The first-order chi connectivity index (χ1) is 8.22. The molecule has 90 valence electrons. The first-order valence-electron chi connectivity index (χ1n) is 5.66. The summed E-state index contributed by atoms with van der Waals surface area (Å²) in [7, 11) is 0. The van der Waals surface area contributed by atoms with Crippen LogP contribution in [0.15, 0.2) is 29.0 Å². The van der Waals surface area contributed by atoms with E-state index in [2.05, 4.69) is 29.0 Å². The second-order valence-corrected chi connectivity index (χ2v) is 4.28. The predicted molar refractivity (Wildman–Crippen MR) is 64.2 cm³/mol. The van der Waals surface area contributed by atoms with Crippen LogP contribution in [0.5, 0.6) is 0 Å². The Morgan fingerprint density at radius 3 is 2.82 bits per heavy atom. The zero-order chi connectivity index (χ0) is 12.3. The Kier molecular flexibility index (Phi) is 3.49. The number of hydrogen-bond acceptors (Lipinski definition) is 5. The third-order valence-electron chi connectivity index (χ3n) is 2.74. The molecule has 0 aliphatic heterocycles. The number of nitrogens with zero attached hydrogens (tertiary/aromatic N) is 3. The molecule has 0 radical (unpaired) electrons. The standard InChI is InChI=1S/C12H16N4O/c1-8(2)10(6-13)12-15-11(16-17-12)9-4-3-5-14-7-9/h3-5,7-8,10H,6,13H2,1-2H3. The molecule has 5 heteroatoms. The molecular weight excluding hydrogens is 216 g/mol. The topological polar surface area (TPSA) is 77.8 Å². The number of rotatable bonds is 4. The fraction of sp³-hybridized carbons (Fsp3) is 0.417. The number of nitrogens with two attached hydrogens (primary N) is 1. The van der Waals surface area contributed by atoms with Crippen LogP contribution in [0.1, 0.15) is 25.7 Å². The summed E-state index contributed by atoms with van der Waals surface area (Å²) in [6.45, 7) is 4.68. The van der Waals surface area contributed by atoms with Crippen LogP contribution in [0.4, 0.5) is 0 Å². The molecule has 2 heterocycles. The van der Waals surface area contributed by atoms with Gasteiger partial charge in [0.05, 0.1) is 5.92 Å². The molecule has 0 fully saturated rings. The van der Waals surface area contributed by atoms with Gasteiger partial charge in [0.15, 0.2) is 0 Å². The van der Waals surface area contributed by atoms with Crippen molar-refractivity contribution in [1.82, 2.24) is 15.1 Å². The number of pyridine rings is 1. The minimum absolute atomic E-state index is 0.105. The lowest BCUT2D eigenvalue weighted by Crippen LogP contribution is -2.18. The molecule has 1 atom stereocenters. The Hall–Kier alpha value is -1.75. The molecular formula is C12H16N4O. The highest BCUT2D eigenvalue weighted by atomic mass is 16.5. The second kappa shape index (κ2) is 5.05. The average Bonchev–Trinajstić information content (AvgIpc) is 2.80. The third kappa shape index (κ3) is 2.50. The highest BCUT2D eigenvalue weighted by Crippen LogP contribution is 2.23. The van der Waals surface area contributed by atoms with Crippen LogP contribution in [0.3, 0.4) is 0 Å². The van der Waals surface area contributed by atoms with Crippen molar-refractivity contribution in [2.45, 2.75) is 19.8 Å². The van der Waals surface area contributed by atoms with Crippen LogP contribution in [-0.4, -0.2) is 21.7 Å². The molecule has 0 saturated heterocycles. The molecule has 2 aromatic rings. The van der Waals surface area contributed by atoms with Gasteiger partial charge in [0.25, 0.3) is 0 Å². The molecule has 1 unspecified atom stereocenters. The zero-order valence-corrected chi connectivity index (χ0v) is 10.00. The zero-order valence-electron chi connectivity index (χ0n) is 10.00. The molecule has 0 spiro atoms. The summed E-state index contributed by atoms with van der Waals surface area (Å²) in [6, 6.07) is 3.74. The number of aromatic nitrogens is 3. The van der Waals surface area contributed by atoms with Crippen molar-refractivity contribution in [3.05, 3.63) is 30.4 Å². The number of hydrogen-bond donors (Lipinski definition) is 1. The Morgan fingerprint density at radius 2 is 2.24 bits per heavy atom. The largest absolute Gasteiger partial charge is 0.339 e. The van der Waals surface area contributed by atoms with E-state index in [1.165, 1.54) is 0 Å². The average molecular weight is 232 g/mol. The quantitative estimate of drug-likeness (QED) is 0.870. The monoisotopic (exact) mass is 232 g/mol. The van der Waals surface area contributed by atoms with E-state index in [0.29, 0.717) is 24.2 Å². The van der Waals surface area contributed by atoms with E-state index in [1.54, 1.807) is 12.4 Å². The lowest BCUT2D eigenvalue weighted by molar-refractivity contribution is 0.324. The molecule has 0 bridgehead atoms. The van der Waals surface area contributed by atoms with Crippen LogP contribution >= 0.6 is 0 Å². The summed E-state index contributed by atoms with van der Waals surface area (Å²) in [5.74, 6) is 1.64. The van der Waals surface area contributed by atoms with Crippen molar-refractivity contribution >= 4 is 0 Å². The summed E-state index contributed by atoms with van der Waals surface area (Å²) in [5.41, 5.74) is 6.56. The van der Waals surface area contributed by atoms with Gasteiger partial charge in [0.2, 0.25) is 11.7 Å². The van der Waals surface area contributed by atoms with E-state index in [9.17, 15) is 0 Å². The molecule has 5 nitrogen and oxygen atoms in total. The first-order valence-corrected chi connectivity index (χ1v) is 5.66. The molecule has 0 aliphatic rings. The van der Waals surface area contributed by atoms with Gasteiger partial charge in [-0.05, 0) is 18.1 Å². The van der Waals surface area contributed by atoms with Gasteiger partial charge in [-0.25, -0.2) is 0 Å². The molecule has 2 aromatic heterocycles. The van der Waals surface area contributed by atoms with Gasteiger partial charge in [-0.15, -0.1) is 0 Å². The highest BCUT2D eigenvalue weighted by molar-refractivity contribution is 5.51. The lowest BCUT2D eigenvalue weighted by atomic mass is 9.96. The van der Waals surface area contributed by atoms with E-state index in [-0.39, 0.29) is 5.92 Å². The molecule has 2 N–H and O–H groups in total.